The van der Waals surface area contributed by atoms with Crippen LogP contribution in [0.1, 0.15) is 85.0 Å². The molecule has 0 N–H and O–H groups in total. The van der Waals surface area contributed by atoms with Gasteiger partial charge >= 0.3 is 5.97 Å². The van der Waals surface area contributed by atoms with Gasteiger partial charge in [-0.2, -0.15) is 0 Å². The Balaban J connectivity index is 1.83. The second kappa shape index (κ2) is 8.09. The van der Waals surface area contributed by atoms with Crippen LogP contribution in [0, 0.1) is 5.41 Å². The molecule has 0 radical (unpaired) electrons. The molecule has 0 amide bonds. The maximum atomic E-state index is 13.4. The molecule has 166 valence electrons. The van der Waals surface area contributed by atoms with Crippen molar-refractivity contribution in [3.63, 3.8) is 0 Å². The number of rotatable bonds is 4. The van der Waals surface area contributed by atoms with E-state index in [1.165, 1.54) is 17.7 Å². The van der Waals surface area contributed by atoms with E-state index in [4.69, 9.17) is 4.74 Å². The first kappa shape index (κ1) is 22.1. The number of aldehydes is 1. The Morgan fingerprint density at radius 2 is 1.90 bits per heavy atom. The van der Waals surface area contributed by atoms with Gasteiger partial charge in [0, 0.05) is 34.8 Å². The average Bonchev–Trinajstić information content (AvgIpc) is 3.33. The van der Waals surface area contributed by atoms with Crippen LogP contribution in [0.25, 0.3) is 10.4 Å². The van der Waals surface area contributed by atoms with E-state index in [1.807, 2.05) is 32.9 Å². The van der Waals surface area contributed by atoms with Crippen molar-refractivity contribution in [1.82, 2.24) is 0 Å². The van der Waals surface area contributed by atoms with E-state index in [1.54, 1.807) is 11.3 Å². The van der Waals surface area contributed by atoms with Gasteiger partial charge in [-0.05, 0) is 76.0 Å². The summed E-state index contributed by atoms with van der Waals surface area (Å²) in [6.07, 6.45) is 6.22. The molecular formula is C26H33NO3S. The Morgan fingerprint density at radius 3 is 2.55 bits per heavy atom. The summed E-state index contributed by atoms with van der Waals surface area (Å²) in [6, 6.07) is 6.10. The first-order valence-electron chi connectivity index (χ1n) is 11.3. The number of anilines is 1. The minimum Gasteiger partial charge on any atom is -0.456 e. The molecule has 0 bridgehead atoms. The van der Waals surface area contributed by atoms with E-state index < -0.39 is 5.60 Å². The zero-order valence-corrected chi connectivity index (χ0v) is 20.2. The molecule has 1 aromatic heterocycles. The summed E-state index contributed by atoms with van der Waals surface area (Å²) in [5.41, 5.74) is 3.94. The fourth-order valence-corrected chi connectivity index (χ4v) is 6.03. The van der Waals surface area contributed by atoms with Crippen molar-refractivity contribution >= 4 is 29.3 Å². The number of hydrogen-bond acceptors (Lipinski definition) is 5. The number of thiophene rings is 1. The highest BCUT2D eigenvalue weighted by molar-refractivity contribution is 7.16. The molecule has 2 aliphatic rings. The summed E-state index contributed by atoms with van der Waals surface area (Å²) < 4.78 is 5.83. The van der Waals surface area contributed by atoms with E-state index in [9.17, 15) is 9.59 Å². The summed E-state index contributed by atoms with van der Waals surface area (Å²) in [7, 11) is 0. The van der Waals surface area contributed by atoms with Crippen molar-refractivity contribution in [1.29, 1.82) is 0 Å². The minimum absolute atomic E-state index is 0.148. The van der Waals surface area contributed by atoms with Crippen molar-refractivity contribution in [3.05, 3.63) is 39.8 Å². The van der Waals surface area contributed by atoms with Gasteiger partial charge in [0.2, 0.25) is 0 Å². The molecule has 0 spiro atoms. The first-order chi connectivity index (χ1) is 14.6. The summed E-state index contributed by atoms with van der Waals surface area (Å²) in [5, 5.41) is 0. The highest BCUT2D eigenvalue weighted by Crippen LogP contribution is 2.46. The third-order valence-corrected chi connectivity index (χ3v) is 7.58. The Kier molecular flexibility index (Phi) is 5.76. The SMILES string of the molecule is CC1(C)CCc2sc(-c3ccc(N4CCCC4)cc3C=O)c(C(=O)OC(C)(C)C)c2C1. The van der Waals surface area contributed by atoms with Crippen molar-refractivity contribution < 1.29 is 14.3 Å². The summed E-state index contributed by atoms with van der Waals surface area (Å²) in [4.78, 5) is 29.9. The number of aryl methyl sites for hydroxylation is 1. The first-order valence-corrected chi connectivity index (χ1v) is 12.1. The van der Waals surface area contributed by atoms with Crippen LogP contribution in [0.2, 0.25) is 0 Å². The van der Waals surface area contributed by atoms with Crippen LogP contribution in [0.5, 0.6) is 0 Å². The lowest BCUT2D eigenvalue weighted by Crippen LogP contribution is -2.27. The molecule has 1 aliphatic carbocycles. The fraction of sp³-hybridized carbons (Fsp3) is 0.538. The molecule has 4 nitrogen and oxygen atoms in total. The standard InChI is InChI=1S/C26H33NO3S/c1-25(2,3)30-24(29)22-20-15-26(4,5)11-10-21(20)31-23(22)19-9-8-18(14-17(19)16-28)27-12-6-7-13-27/h8-9,14,16H,6-7,10-13,15H2,1-5H3. The van der Waals surface area contributed by atoms with Gasteiger partial charge in [-0.1, -0.05) is 19.9 Å². The third-order valence-electron chi connectivity index (χ3n) is 6.26. The number of benzene rings is 1. The van der Waals surface area contributed by atoms with E-state index in [-0.39, 0.29) is 11.4 Å². The summed E-state index contributed by atoms with van der Waals surface area (Å²) in [6.45, 7) is 12.3. The third kappa shape index (κ3) is 4.57. The highest BCUT2D eigenvalue weighted by atomic mass is 32.1. The molecule has 0 saturated carbocycles. The van der Waals surface area contributed by atoms with Crippen LogP contribution in [0.4, 0.5) is 5.69 Å². The van der Waals surface area contributed by atoms with E-state index in [0.717, 1.165) is 60.3 Å². The van der Waals surface area contributed by atoms with Gasteiger partial charge in [-0.25, -0.2) is 4.79 Å². The topological polar surface area (TPSA) is 46.6 Å². The van der Waals surface area contributed by atoms with E-state index >= 15 is 0 Å². The molecule has 5 heteroatoms. The number of esters is 1. The normalized spacial score (nSPS) is 18.0. The lowest BCUT2D eigenvalue weighted by molar-refractivity contribution is 0.00690. The number of nitrogens with zero attached hydrogens (tertiary/aromatic N) is 1. The fourth-order valence-electron chi connectivity index (χ4n) is 4.68. The molecule has 1 aromatic carbocycles. The predicted molar refractivity (Wildman–Crippen MR) is 128 cm³/mol. The molecular weight excluding hydrogens is 406 g/mol. The number of ether oxygens (including phenoxy) is 1. The van der Waals surface area contributed by atoms with Gasteiger partial charge in [0.05, 0.1) is 10.4 Å². The van der Waals surface area contributed by atoms with Gasteiger partial charge in [0.1, 0.15) is 5.60 Å². The monoisotopic (exact) mass is 439 g/mol. The molecule has 0 unspecified atom stereocenters. The molecule has 1 fully saturated rings. The number of carbonyl (C=O) groups excluding carboxylic acids is 2. The zero-order chi connectivity index (χ0) is 22.4. The van der Waals surface area contributed by atoms with Gasteiger partial charge in [-0.3, -0.25) is 4.79 Å². The lowest BCUT2D eigenvalue weighted by Gasteiger charge is -2.30. The maximum Gasteiger partial charge on any atom is 0.340 e. The predicted octanol–water partition coefficient (Wildman–Crippen LogP) is 6.30. The second-order valence-corrected chi connectivity index (χ2v) is 11.7. The number of fused-ring (bicyclic) bond motifs is 1. The van der Waals surface area contributed by atoms with Crippen molar-refractivity contribution in [2.75, 3.05) is 18.0 Å². The number of carbonyl (C=O) groups is 2. The Bertz CT molecular complexity index is 1010. The Labute approximate surface area is 189 Å². The number of hydrogen-bond donors (Lipinski definition) is 0. The van der Waals surface area contributed by atoms with Crippen molar-refractivity contribution in [3.8, 4) is 10.4 Å². The Hall–Kier alpha value is -2.14. The van der Waals surface area contributed by atoms with Gasteiger partial charge < -0.3 is 9.64 Å². The zero-order valence-electron chi connectivity index (χ0n) is 19.3. The second-order valence-electron chi connectivity index (χ2n) is 10.6. The molecule has 1 aliphatic heterocycles. The molecule has 2 heterocycles. The quantitative estimate of drug-likeness (QED) is 0.414. The maximum absolute atomic E-state index is 13.4. The summed E-state index contributed by atoms with van der Waals surface area (Å²) >= 11 is 1.66. The largest absolute Gasteiger partial charge is 0.456 e. The highest BCUT2D eigenvalue weighted by Gasteiger charge is 2.35. The van der Waals surface area contributed by atoms with Gasteiger partial charge in [0.25, 0.3) is 0 Å². The van der Waals surface area contributed by atoms with Crippen LogP contribution in [-0.4, -0.2) is 30.9 Å². The molecule has 2 aromatic rings. The van der Waals surface area contributed by atoms with Crippen molar-refractivity contribution in [2.45, 2.75) is 72.3 Å². The van der Waals surface area contributed by atoms with E-state index in [2.05, 4.69) is 24.8 Å². The smallest absolute Gasteiger partial charge is 0.340 e. The van der Waals surface area contributed by atoms with Gasteiger partial charge in [-0.15, -0.1) is 11.3 Å². The van der Waals surface area contributed by atoms with Crippen molar-refractivity contribution in [2.24, 2.45) is 5.41 Å². The lowest BCUT2D eigenvalue weighted by atomic mass is 9.76. The van der Waals surface area contributed by atoms with Gasteiger partial charge in [0.15, 0.2) is 6.29 Å². The van der Waals surface area contributed by atoms with E-state index in [0.29, 0.717) is 11.1 Å². The van der Waals surface area contributed by atoms with Crippen LogP contribution >= 0.6 is 11.3 Å². The summed E-state index contributed by atoms with van der Waals surface area (Å²) in [5.74, 6) is -0.279. The average molecular weight is 440 g/mol. The minimum atomic E-state index is -0.569. The molecule has 31 heavy (non-hydrogen) atoms. The van der Waals surface area contributed by atoms with Crippen LogP contribution < -0.4 is 4.90 Å². The molecule has 1 saturated heterocycles. The van der Waals surface area contributed by atoms with Crippen LogP contribution in [0.15, 0.2) is 18.2 Å². The molecule has 0 atom stereocenters. The van der Waals surface area contributed by atoms with Crippen LogP contribution in [0.3, 0.4) is 0 Å². The van der Waals surface area contributed by atoms with Crippen LogP contribution in [-0.2, 0) is 17.6 Å². The molecule has 4 rings (SSSR count). The Morgan fingerprint density at radius 1 is 1.19 bits per heavy atom.